The van der Waals surface area contributed by atoms with Crippen LogP contribution < -0.4 is 10.2 Å². The van der Waals surface area contributed by atoms with Crippen molar-refractivity contribution in [2.24, 2.45) is 0 Å². The van der Waals surface area contributed by atoms with E-state index < -0.39 is 0 Å². The third kappa shape index (κ3) is 1.98. The molecule has 4 rings (SSSR count). The third-order valence-electron chi connectivity index (χ3n) is 4.18. The van der Waals surface area contributed by atoms with E-state index in [2.05, 4.69) is 30.6 Å². The molecule has 0 saturated carbocycles. The molecule has 2 aromatic rings. The molecule has 3 heterocycles. The van der Waals surface area contributed by atoms with Gasteiger partial charge in [-0.15, -0.1) is 0 Å². The van der Waals surface area contributed by atoms with E-state index in [4.69, 9.17) is 4.52 Å². The average molecular weight is 274 g/mol. The van der Waals surface area contributed by atoms with E-state index in [0.29, 0.717) is 0 Å². The van der Waals surface area contributed by atoms with Gasteiger partial charge in [0.1, 0.15) is 0 Å². The van der Waals surface area contributed by atoms with Crippen LogP contribution in [-0.4, -0.2) is 46.5 Å². The van der Waals surface area contributed by atoms with E-state index in [1.54, 1.807) is 0 Å². The largest absolute Gasteiger partial charge is 0.337 e. The summed E-state index contributed by atoms with van der Waals surface area (Å²) < 4.78 is 5.52. The Morgan fingerprint density at radius 2 is 2.20 bits per heavy atom. The number of fused-ring (bicyclic) bond motifs is 1. The molecule has 20 heavy (non-hydrogen) atoms. The van der Waals surface area contributed by atoms with E-state index in [-0.39, 0.29) is 5.92 Å². The second-order valence-corrected chi connectivity index (χ2v) is 5.42. The van der Waals surface area contributed by atoms with Crippen LogP contribution >= 0.6 is 0 Å². The van der Waals surface area contributed by atoms with E-state index in [9.17, 15) is 0 Å². The van der Waals surface area contributed by atoms with Crippen molar-refractivity contribution in [1.82, 2.24) is 25.7 Å². The minimum Gasteiger partial charge on any atom is -0.337 e. The summed E-state index contributed by atoms with van der Waals surface area (Å²) in [7, 11) is 0. The first-order valence-electron chi connectivity index (χ1n) is 7.23. The molecule has 1 fully saturated rings. The Balaban J connectivity index is 1.60. The van der Waals surface area contributed by atoms with Gasteiger partial charge in [0.25, 0.3) is 5.95 Å². The molecule has 1 aliphatic heterocycles. The molecule has 2 N–H and O–H groups in total. The zero-order chi connectivity index (χ0) is 13.4. The summed E-state index contributed by atoms with van der Waals surface area (Å²) in [5, 5.41) is 14.7. The molecule has 7 heteroatoms. The standard InChI is InChI=1S/C13H18N6O/c1-2-9(10-8-15-17-11(10)3-1)12-16-13(18-20-12)19-6-4-14-5-7-19/h8-9,14H,1-7H2,(H,15,17). The van der Waals surface area contributed by atoms with Gasteiger partial charge in [-0.25, -0.2) is 0 Å². The molecule has 2 aromatic heterocycles. The molecule has 0 spiro atoms. The van der Waals surface area contributed by atoms with Crippen LogP contribution in [-0.2, 0) is 6.42 Å². The summed E-state index contributed by atoms with van der Waals surface area (Å²) >= 11 is 0. The fraction of sp³-hybridized carbons (Fsp3) is 0.615. The van der Waals surface area contributed by atoms with Crippen molar-refractivity contribution in [1.29, 1.82) is 0 Å². The summed E-state index contributed by atoms with van der Waals surface area (Å²) in [4.78, 5) is 6.78. The smallest absolute Gasteiger partial charge is 0.266 e. The topological polar surface area (TPSA) is 82.9 Å². The SMILES string of the molecule is c1n[nH]c2c1C(c1nc(N3CCNCC3)no1)CCC2. The number of rotatable bonds is 2. The minimum absolute atomic E-state index is 0.196. The second kappa shape index (κ2) is 4.90. The van der Waals surface area contributed by atoms with Crippen molar-refractivity contribution in [2.75, 3.05) is 31.1 Å². The molecule has 1 atom stereocenters. The Morgan fingerprint density at radius 3 is 3.10 bits per heavy atom. The number of hydrogen-bond acceptors (Lipinski definition) is 6. The zero-order valence-electron chi connectivity index (χ0n) is 11.3. The van der Waals surface area contributed by atoms with E-state index >= 15 is 0 Å². The van der Waals surface area contributed by atoms with Crippen LogP contribution in [0.4, 0.5) is 5.95 Å². The van der Waals surface area contributed by atoms with Crippen LogP contribution in [0.25, 0.3) is 0 Å². The van der Waals surface area contributed by atoms with Gasteiger partial charge >= 0.3 is 0 Å². The van der Waals surface area contributed by atoms with E-state index in [1.165, 1.54) is 11.3 Å². The van der Waals surface area contributed by atoms with Gasteiger partial charge < -0.3 is 14.7 Å². The van der Waals surface area contributed by atoms with Crippen LogP contribution in [0.2, 0.25) is 0 Å². The Hall–Kier alpha value is -1.89. The van der Waals surface area contributed by atoms with Gasteiger partial charge in [-0.3, -0.25) is 5.10 Å². The van der Waals surface area contributed by atoms with Crippen LogP contribution in [0.1, 0.15) is 35.9 Å². The highest BCUT2D eigenvalue weighted by atomic mass is 16.5. The molecule has 1 saturated heterocycles. The fourth-order valence-corrected chi connectivity index (χ4v) is 3.08. The second-order valence-electron chi connectivity index (χ2n) is 5.42. The number of aromatic nitrogens is 4. The van der Waals surface area contributed by atoms with Crippen LogP contribution in [0, 0.1) is 0 Å². The predicted octanol–water partition coefficient (Wildman–Crippen LogP) is 0.670. The lowest BCUT2D eigenvalue weighted by atomic mass is 9.87. The molecule has 0 radical (unpaired) electrons. The first-order valence-corrected chi connectivity index (χ1v) is 7.23. The third-order valence-corrected chi connectivity index (χ3v) is 4.18. The highest BCUT2D eigenvalue weighted by Crippen LogP contribution is 2.35. The van der Waals surface area contributed by atoms with E-state index in [0.717, 1.165) is 57.3 Å². The Morgan fingerprint density at radius 1 is 1.30 bits per heavy atom. The summed E-state index contributed by atoms with van der Waals surface area (Å²) in [5.41, 5.74) is 2.43. The molecule has 1 unspecified atom stereocenters. The Bertz CT molecular complexity index is 585. The monoisotopic (exact) mass is 274 g/mol. The number of anilines is 1. The van der Waals surface area contributed by atoms with Crippen molar-refractivity contribution < 1.29 is 4.52 Å². The summed E-state index contributed by atoms with van der Waals surface area (Å²) in [6, 6.07) is 0. The molecule has 0 bridgehead atoms. The first kappa shape index (κ1) is 11.9. The Kier molecular flexibility index (Phi) is 2.91. The maximum atomic E-state index is 5.52. The van der Waals surface area contributed by atoms with Gasteiger partial charge in [0, 0.05) is 37.4 Å². The van der Waals surface area contributed by atoms with Crippen LogP contribution in [0.15, 0.2) is 10.7 Å². The highest BCUT2D eigenvalue weighted by Gasteiger charge is 2.29. The van der Waals surface area contributed by atoms with Gasteiger partial charge in [-0.05, 0) is 24.4 Å². The van der Waals surface area contributed by atoms with Crippen molar-refractivity contribution in [3.63, 3.8) is 0 Å². The van der Waals surface area contributed by atoms with Crippen molar-refractivity contribution >= 4 is 5.95 Å². The van der Waals surface area contributed by atoms with Crippen LogP contribution in [0.5, 0.6) is 0 Å². The maximum absolute atomic E-state index is 5.52. The summed E-state index contributed by atoms with van der Waals surface area (Å²) in [5.74, 6) is 1.64. The number of nitrogens with zero attached hydrogens (tertiary/aromatic N) is 4. The lowest BCUT2D eigenvalue weighted by Gasteiger charge is -2.25. The van der Waals surface area contributed by atoms with Crippen molar-refractivity contribution in [3.8, 4) is 0 Å². The van der Waals surface area contributed by atoms with Gasteiger partial charge in [-0.2, -0.15) is 10.1 Å². The lowest BCUT2D eigenvalue weighted by Crippen LogP contribution is -2.44. The molecular weight excluding hydrogens is 256 g/mol. The maximum Gasteiger partial charge on any atom is 0.266 e. The quantitative estimate of drug-likeness (QED) is 0.837. The zero-order valence-corrected chi connectivity index (χ0v) is 11.3. The number of hydrogen-bond donors (Lipinski definition) is 2. The van der Waals surface area contributed by atoms with Crippen molar-refractivity contribution in [2.45, 2.75) is 25.2 Å². The number of nitrogens with one attached hydrogen (secondary N) is 2. The molecule has 0 amide bonds. The highest BCUT2D eigenvalue weighted by molar-refractivity contribution is 5.33. The normalized spacial score (nSPS) is 22.8. The fourth-order valence-electron chi connectivity index (χ4n) is 3.08. The average Bonchev–Trinajstić information content (AvgIpc) is 3.17. The van der Waals surface area contributed by atoms with Gasteiger partial charge in [0.05, 0.1) is 12.1 Å². The minimum atomic E-state index is 0.196. The van der Waals surface area contributed by atoms with Crippen LogP contribution in [0.3, 0.4) is 0 Å². The molecular formula is C13H18N6O. The number of H-pyrrole nitrogens is 1. The molecule has 1 aliphatic carbocycles. The molecule has 2 aliphatic rings. The molecule has 106 valence electrons. The number of piperazine rings is 1. The molecule has 0 aromatic carbocycles. The molecule has 7 nitrogen and oxygen atoms in total. The summed E-state index contributed by atoms with van der Waals surface area (Å²) in [6.07, 6.45) is 5.14. The Labute approximate surface area is 116 Å². The number of aromatic amines is 1. The number of aryl methyl sites for hydroxylation is 1. The van der Waals surface area contributed by atoms with Gasteiger partial charge in [0.15, 0.2) is 0 Å². The lowest BCUT2D eigenvalue weighted by molar-refractivity contribution is 0.353. The van der Waals surface area contributed by atoms with E-state index in [1.807, 2.05) is 6.20 Å². The first-order chi connectivity index (χ1) is 9.92. The summed E-state index contributed by atoms with van der Waals surface area (Å²) in [6.45, 7) is 3.81. The predicted molar refractivity (Wildman–Crippen MR) is 72.7 cm³/mol. The van der Waals surface area contributed by atoms with Crippen molar-refractivity contribution in [3.05, 3.63) is 23.3 Å². The van der Waals surface area contributed by atoms with Gasteiger partial charge in [-0.1, -0.05) is 0 Å². The van der Waals surface area contributed by atoms with Gasteiger partial charge in [0.2, 0.25) is 5.89 Å².